The van der Waals surface area contributed by atoms with Crippen LogP contribution in [0.5, 0.6) is 40.2 Å². The van der Waals surface area contributed by atoms with E-state index in [1.165, 1.54) is 34.5 Å². The molecule has 0 bridgehead atoms. The van der Waals surface area contributed by atoms with Crippen LogP contribution in [-0.2, 0) is 20.7 Å². The Labute approximate surface area is 247 Å². The standard InChI is InChI=1S/C32H31NO10/c1-37-24-8-16(5-6-23(24)34)7-20(18-11-27(38-2)30(40-4)28(12-18)39-3)31(35)33-29-19-13-26-25(42-15-43-26)10-17(19)9-21-22(29)14-41-32(21)36/h5-8,10-13,21-22,29,34H,9,14-15H2,1-4H3,(H,33,35)/b20-7+/t21-,22+,29-/m1/s1. The first-order valence-electron chi connectivity index (χ1n) is 13.6. The van der Waals surface area contributed by atoms with E-state index in [0.717, 1.165) is 11.1 Å². The Morgan fingerprint density at radius 2 is 1.60 bits per heavy atom. The van der Waals surface area contributed by atoms with Crippen molar-refractivity contribution in [2.75, 3.05) is 41.8 Å². The third kappa shape index (κ3) is 5.00. The van der Waals surface area contributed by atoms with Gasteiger partial charge in [-0.1, -0.05) is 6.07 Å². The summed E-state index contributed by atoms with van der Waals surface area (Å²) in [6, 6.07) is 11.3. The molecular formula is C32H31NO10. The van der Waals surface area contributed by atoms with Gasteiger partial charge in [0.05, 0.1) is 47.0 Å². The predicted molar refractivity (Wildman–Crippen MR) is 154 cm³/mol. The SMILES string of the molecule is COc1cc(/C=C(/C(=O)N[C@@H]2c3cc4c(cc3C[C@H]3C(=O)OC[C@H]23)OCO4)c2cc(OC)c(OC)c(OC)c2)ccc1O. The number of esters is 1. The summed E-state index contributed by atoms with van der Waals surface area (Å²) >= 11 is 0. The van der Waals surface area contributed by atoms with E-state index < -0.39 is 17.9 Å². The van der Waals surface area contributed by atoms with Crippen LogP contribution in [0.3, 0.4) is 0 Å². The van der Waals surface area contributed by atoms with Gasteiger partial charge in [0.2, 0.25) is 12.5 Å². The molecule has 224 valence electrons. The van der Waals surface area contributed by atoms with Crippen molar-refractivity contribution in [3.63, 3.8) is 0 Å². The zero-order chi connectivity index (χ0) is 30.2. The number of hydrogen-bond acceptors (Lipinski definition) is 10. The number of phenolic OH excluding ortho intramolecular Hbond substituents is 1. The van der Waals surface area contributed by atoms with Gasteiger partial charge in [-0.2, -0.15) is 0 Å². The van der Waals surface area contributed by atoms with Gasteiger partial charge in [0.15, 0.2) is 34.5 Å². The number of hydrogen-bond donors (Lipinski definition) is 2. The summed E-state index contributed by atoms with van der Waals surface area (Å²) in [5, 5.41) is 13.3. The summed E-state index contributed by atoms with van der Waals surface area (Å²) in [6.07, 6.45) is 2.15. The number of nitrogens with one attached hydrogen (secondary N) is 1. The molecule has 3 aliphatic rings. The summed E-state index contributed by atoms with van der Waals surface area (Å²) in [6.45, 7) is 0.287. The zero-order valence-corrected chi connectivity index (χ0v) is 24.1. The third-order valence-corrected chi connectivity index (χ3v) is 8.10. The molecule has 0 radical (unpaired) electrons. The molecule has 1 fully saturated rings. The maximum atomic E-state index is 14.4. The second-order valence-electron chi connectivity index (χ2n) is 10.4. The van der Waals surface area contributed by atoms with Crippen molar-refractivity contribution in [3.05, 3.63) is 64.7 Å². The van der Waals surface area contributed by atoms with Gasteiger partial charge in [-0.05, 0) is 71.1 Å². The number of amides is 1. The Balaban J connectivity index is 1.46. The first-order chi connectivity index (χ1) is 20.8. The number of carbonyl (C=O) groups is 2. The number of rotatable bonds is 8. The fourth-order valence-electron chi connectivity index (χ4n) is 5.94. The van der Waals surface area contributed by atoms with Crippen molar-refractivity contribution in [1.82, 2.24) is 5.32 Å². The van der Waals surface area contributed by atoms with Crippen molar-refractivity contribution in [1.29, 1.82) is 0 Å². The van der Waals surface area contributed by atoms with E-state index in [2.05, 4.69) is 5.32 Å². The average Bonchev–Trinajstić information content (AvgIpc) is 3.64. The highest BCUT2D eigenvalue weighted by atomic mass is 16.7. The van der Waals surface area contributed by atoms with Gasteiger partial charge in [-0.3, -0.25) is 9.59 Å². The minimum Gasteiger partial charge on any atom is -0.504 e. The highest BCUT2D eigenvalue weighted by Crippen LogP contribution is 2.47. The molecule has 3 atom stereocenters. The van der Waals surface area contributed by atoms with Crippen LogP contribution < -0.4 is 33.7 Å². The van der Waals surface area contributed by atoms with Gasteiger partial charge >= 0.3 is 5.97 Å². The van der Waals surface area contributed by atoms with Gasteiger partial charge in [0.25, 0.3) is 5.91 Å². The molecule has 2 N–H and O–H groups in total. The number of methoxy groups -OCH3 is 4. The average molecular weight is 590 g/mol. The van der Waals surface area contributed by atoms with Crippen LogP contribution in [0.15, 0.2) is 42.5 Å². The molecule has 0 unspecified atom stereocenters. The first kappa shape index (κ1) is 28.1. The first-order valence-corrected chi connectivity index (χ1v) is 13.6. The van der Waals surface area contributed by atoms with Crippen molar-refractivity contribution in [2.24, 2.45) is 11.8 Å². The Kier molecular flexibility index (Phi) is 7.39. The molecule has 0 aromatic heterocycles. The van der Waals surface area contributed by atoms with E-state index in [4.69, 9.17) is 33.2 Å². The molecule has 11 heteroatoms. The Bertz CT molecular complexity index is 1610. The summed E-state index contributed by atoms with van der Waals surface area (Å²) < 4.78 is 38.6. The Hall–Kier alpha value is -5.06. The molecule has 3 aromatic carbocycles. The van der Waals surface area contributed by atoms with Crippen molar-refractivity contribution in [2.45, 2.75) is 12.5 Å². The van der Waals surface area contributed by atoms with Crippen molar-refractivity contribution in [3.8, 4) is 40.2 Å². The molecule has 43 heavy (non-hydrogen) atoms. The van der Waals surface area contributed by atoms with Crippen LogP contribution in [0.1, 0.15) is 28.3 Å². The second kappa shape index (κ2) is 11.3. The van der Waals surface area contributed by atoms with Crippen LogP contribution in [0.4, 0.5) is 0 Å². The van der Waals surface area contributed by atoms with Gasteiger partial charge in [-0.15, -0.1) is 0 Å². The summed E-state index contributed by atoms with van der Waals surface area (Å²) in [7, 11) is 5.94. The van der Waals surface area contributed by atoms with E-state index in [-0.39, 0.29) is 42.4 Å². The molecule has 3 aromatic rings. The van der Waals surface area contributed by atoms with Crippen LogP contribution in [-0.4, -0.2) is 58.8 Å². The molecule has 0 saturated carbocycles. The van der Waals surface area contributed by atoms with Crippen LogP contribution in [0, 0.1) is 11.8 Å². The lowest BCUT2D eigenvalue weighted by Gasteiger charge is -2.34. The van der Waals surface area contributed by atoms with Crippen molar-refractivity contribution >= 4 is 23.5 Å². The number of ether oxygens (including phenoxy) is 7. The van der Waals surface area contributed by atoms with E-state index >= 15 is 0 Å². The van der Waals surface area contributed by atoms with Crippen LogP contribution >= 0.6 is 0 Å². The Morgan fingerprint density at radius 3 is 2.28 bits per heavy atom. The molecular weight excluding hydrogens is 558 g/mol. The molecule has 1 saturated heterocycles. The second-order valence-corrected chi connectivity index (χ2v) is 10.4. The lowest BCUT2D eigenvalue weighted by Crippen LogP contribution is -2.41. The predicted octanol–water partition coefficient (Wildman–Crippen LogP) is 3.90. The summed E-state index contributed by atoms with van der Waals surface area (Å²) in [4.78, 5) is 27.0. The minimum atomic E-state index is -0.554. The quantitative estimate of drug-likeness (QED) is 0.227. The number of fused-ring (bicyclic) bond motifs is 3. The van der Waals surface area contributed by atoms with E-state index in [1.54, 1.807) is 30.3 Å². The fourth-order valence-corrected chi connectivity index (χ4v) is 5.94. The van der Waals surface area contributed by atoms with E-state index in [0.29, 0.717) is 46.3 Å². The number of aromatic hydroxyl groups is 1. The van der Waals surface area contributed by atoms with Crippen LogP contribution in [0.2, 0.25) is 0 Å². The van der Waals surface area contributed by atoms with E-state index in [9.17, 15) is 14.7 Å². The van der Waals surface area contributed by atoms with Gasteiger partial charge in [0.1, 0.15) is 0 Å². The maximum Gasteiger partial charge on any atom is 0.309 e. The summed E-state index contributed by atoms with van der Waals surface area (Å²) in [5.74, 6) is 1.11. The fraction of sp³-hybridized carbons (Fsp3) is 0.312. The lowest BCUT2D eigenvalue weighted by molar-refractivity contribution is -0.141. The maximum absolute atomic E-state index is 14.4. The number of carbonyl (C=O) groups excluding carboxylic acids is 2. The smallest absolute Gasteiger partial charge is 0.309 e. The molecule has 6 rings (SSSR count). The summed E-state index contributed by atoms with van der Waals surface area (Å²) in [5.41, 5.74) is 3.07. The third-order valence-electron chi connectivity index (χ3n) is 8.10. The van der Waals surface area contributed by atoms with Crippen molar-refractivity contribution < 1.29 is 47.9 Å². The molecule has 11 nitrogen and oxygen atoms in total. The largest absolute Gasteiger partial charge is 0.504 e. The minimum absolute atomic E-state index is 0.0343. The lowest BCUT2D eigenvalue weighted by atomic mass is 9.73. The molecule has 2 heterocycles. The van der Waals surface area contributed by atoms with E-state index in [1.807, 2.05) is 12.1 Å². The van der Waals surface area contributed by atoms with Gasteiger partial charge in [0, 0.05) is 11.5 Å². The van der Waals surface area contributed by atoms with Gasteiger partial charge in [-0.25, -0.2) is 0 Å². The zero-order valence-electron chi connectivity index (χ0n) is 24.1. The number of cyclic esters (lactones) is 1. The van der Waals surface area contributed by atoms with Crippen LogP contribution in [0.25, 0.3) is 11.6 Å². The molecule has 0 spiro atoms. The molecule has 2 aliphatic heterocycles. The highest BCUT2D eigenvalue weighted by molar-refractivity contribution is 6.24. The molecule has 1 aliphatic carbocycles. The monoisotopic (exact) mass is 589 g/mol. The molecule has 1 amide bonds. The van der Waals surface area contributed by atoms with Gasteiger partial charge < -0.3 is 43.6 Å². The highest BCUT2D eigenvalue weighted by Gasteiger charge is 2.47. The number of phenols is 1. The number of benzene rings is 3. The topological polar surface area (TPSA) is 131 Å². The normalized spacial score (nSPS) is 20.0. The Morgan fingerprint density at radius 1 is 0.907 bits per heavy atom.